The standard InChI is InChI=1S/C12H15F2N3O2/c1-6(8-3-2-7(13)4-9(8)14)17-12(19)10(15)5-11(16)18/h2-4,6,10H,5,15H2,1H3,(H2,16,18)(H,17,19). The monoisotopic (exact) mass is 271 g/mol. The van der Waals surface area contributed by atoms with Gasteiger partial charge in [-0.05, 0) is 13.0 Å². The van der Waals surface area contributed by atoms with Crippen molar-refractivity contribution in [3.63, 3.8) is 0 Å². The number of hydrogen-bond donors (Lipinski definition) is 3. The molecule has 0 aliphatic carbocycles. The first kappa shape index (κ1) is 15.0. The number of amides is 2. The zero-order valence-electron chi connectivity index (χ0n) is 10.3. The van der Waals surface area contributed by atoms with Crippen molar-refractivity contribution in [3.8, 4) is 0 Å². The summed E-state index contributed by atoms with van der Waals surface area (Å²) in [6.45, 7) is 1.52. The number of carbonyl (C=O) groups is 2. The van der Waals surface area contributed by atoms with E-state index in [2.05, 4.69) is 5.32 Å². The topological polar surface area (TPSA) is 98.2 Å². The summed E-state index contributed by atoms with van der Waals surface area (Å²) in [4.78, 5) is 22.2. The van der Waals surface area contributed by atoms with Crippen molar-refractivity contribution in [1.29, 1.82) is 0 Å². The van der Waals surface area contributed by atoms with Crippen LogP contribution in [0.3, 0.4) is 0 Å². The van der Waals surface area contributed by atoms with Crippen LogP contribution in [0, 0.1) is 11.6 Å². The molecule has 1 aromatic rings. The number of nitrogens with two attached hydrogens (primary N) is 2. The Balaban J connectivity index is 2.71. The first-order valence-electron chi connectivity index (χ1n) is 5.60. The van der Waals surface area contributed by atoms with Crippen LogP contribution in [0.2, 0.25) is 0 Å². The van der Waals surface area contributed by atoms with E-state index in [0.717, 1.165) is 12.1 Å². The highest BCUT2D eigenvalue weighted by atomic mass is 19.1. The lowest BCUT2D eigenvalue weighted by molar-refractivity contribution is -0.126. The average Bonchev–Trinajstić information content (AvgIpc) is 2.27. The normalized spacial score (nSPS) is 13.7. The molecule has 5 N–H and O–H groups in total. The maximum absolute atomic E-state index is 13.5. The Morgan fingerprint density at radius 3 is 2.53 bits per heavy atom. The molecule has 1 aromatic carbocycles. The second-order valence-corrected chi connectivity index (χ2v) is 4.17. The third-order valence-corrected chi connectivity index (χ3v) is 2.55. The van der Waals surface area contributed by atoms with E-state index in [1.54, 1.807) is 0 Å². The molecule has 0 bridgehead atoms. The molecule has 2 unspecified atom stereocenters. The second kappa shape index (κ2) is 6.24. The van der Waals surface area contributed by atoms with Crippen molar-refractivity contribution in [2.75, 3.05) is 0 Å². The van der Waals surface area contributed by atoms with Crippen LogP contribution in [0.4, 0.5) is 8.78 Å². The molecule has 7 heteroatoms. The van der Waals surface area contributed by atoms with Crippen LogP contribution in [0.15, 0.2) is 18.2 Å². The highest BCUT2D eigenvalue weighted by molar-refractivity contribution is 5.87. The first-order chi connectivity index (χ1) is 8.81. The van der Waals surface area contributed by atoms with E-state index in [9.17, 15) is 18.4 Å². The van der Waals surface area contributed by atoms with Crippen LogP contribution in [0.1, 0.15) is 24.9 Å². The minimum Gasteiger partial charge on any atom is -0.370 e. The molecule has 5 nitrogen and oxygen atoms in total. The van der Waals surface area contributed by atoms with Crippen LogP contribution in [0.5, 0.6) is 0 Å². The van der Waals surface area contributed by atoms with E-state index in [1.165, 1.54) is 13.0 Å². The van der Waals surface area contributed by atoms with Gasteiger partial charge in [0, 0.05) is 11.6 Å². The molecule has 0 radical (unpaired) electrons. The molecule has 0 fully saturated rings. The highest BCUT2D eigenvalue weighted by Crippen LogP contribution is 2.17. The van der Waals surface area contributed by atoms with Gasteiger partial charge in [0.15, 0.2) is 0 Å². The Labute approximate surface area is 109 Å². The molecule has 0 aliphatic heterocycles. The summed E-state index contributed by atoms with van der Waals surface area (Å²) >= 11 is 0. The fourth-order valence-corrected chi connectivity index (χ4v) is 1.56. The number of halogens is 2. The molecular weight excluding hydrogens is 256 g/mol. The molecular formula is C12H15F2N3O2. The second-order valence-electron chi connectivity index (χ2n) is 4.17. The Bertz CT molecular complexity index is 494. The largest absolute Gasteiger partial charge is 0.370 e. The zero-order valence-corrected chi connectivity index (χ0v) is 10.3. The third-order valence-electron chi connectivity index (χ3n) is 2.55. The van der Waals surface area contributed by atoms with E-state index >= 15 is 0 Å². The van der Waals surface area contributed by atoms with E-state index in [4.69, 9.17) is 11.5 Å². The highest BCUT2D eigenvalue weighted by Gasteiger charge is 2.20. The molecule has 0 aliphatic rings. The lowest BCUT2D eigenvalue weighted by Gasteiger charge is -2.17. The minimum atomic E-state index is -1.09. The quantitative estimate of drug-likeness (QED) is 0.720. The number of hydrogen-bond acceptors (Lipinski definition) is 3. The number of carbonyl (C=O) groups excluding carboxylic acids is 2. The molecule has 2 atom stereocenters. The maximum atomic E-state index is 13.5. The van der Waals surface area contributed by atoms with Gasteiger partial charge in [-0.1, -0.05) is 6.07 Å². The SMILES string of the molecule is CC(NC(=O)C(N)CC(N)=O)c1ccc(F)cc1F. The van der Waals surface area contributed by atoms with Crippen molar-refractivity contribution < 1.29 is 18.4 Å². The summed E-state index contributed by atoms with van der Waals surface area (Å²) in [5.41, 5.74) is 10.5. The molecule has 1 rings (SSSR count). The van der Waals surface area contributed by atoms with Gasteiger partial charge in [0.05, 0.1) is 18.5 Å². The Morgan fingerprint density at radius 1 is 1.37 bits per heavy atom. The van der Waals surface area contributed by atoms with Gasteiger partial charge in [0.2, 0.25) is 11.8 Å². The van der Waals surface area contributed by atoms with E-state index < -0.39 is 35.5 Å². The van der Waals surface area contributed by atoms with Gasteiger partial charge in [-0.25, -0.2) is 8.78 Å². The Morgan fingerprint density at radius 2 is 2.00 bits per heavy atom. The van der Waals surface area contributed by atoms with Crippen LogP contribution in [0.25, 0.3) is 0 Å². The van der Waals surface area contributed by atoms with Crippen molar-refractivity contribution in [2.24, 2.45) is 11.5 Å². The van der Waals surface area contributed by atoms with Crippen LogP contribution >= 0.6 is 0 Å². The molecule has 2 amide bonds. The summed E-state index contributed by atoms with van der Waals surface area (Å²) in [5, 5.41) is 2.43. The summed E-state index contributed by atoms with van der Waals surface area (Å²) in [5.74, 6) is -2.81. The van der Waals surface area contributed by atoms with Crippen LogP contribution in [-0.4, -0.2) is 17.9 Å². The molecule has 0 spiro atoms. The Hall–Kier alpha value is -2.02. The summed E-state index contributed by atoms with van der Waals surface area (Å²) in [6.07, 6.45) is -0.301. The van der Waals surface area contributed by atoms with Crippen molar-refractivity contribution in [1.82, 2.24) is 5.32 Å². The fraction of sp³-hybridized carbons (Fsp3) is 0.333. The zero-order chi connectivity index (χ0) is 14.6. The van der Waals surface area contributed by atoms with Gasteiger partial charge < -0.3 is 16.8 Å². The van der Waals surface area contributed by atoms with Crippen molar-refractivity contribution in [2.45, 2.75) is 25.4 Å². The first-order valence-corrected chi connectivity index (χ1v) is 5.60. The van der Waals surface area contributed by atoms with Crippen LogP contribution in [-0.2, 0) is 9.59 Å². The van der Waals surface area contributed by atoms with E-state index in [0.29, 0.717) is 0 Å². The fourth-order valence-electron chi connectivity index (χ4n) is 1.56. The number of rotatable bonds is 5. The average molecular weight is 271 g/mol. The van der Waals surface area contributed by atoms with Crippen molar-refractivity contribution in [3.05, 3.63) is 35.4 Å². The molecule has 0 saturated heterocycles. The Kier molecular flexibility index (Phi) is 4.94. The molecule has 0 heterocycles. The van der Waals surface area contributed by atoms with E-state index in [1.807, 2.05) is 0 Å². The van der Waals surface area contributed by atoms with Gasteiger partial charge in [-0.3, -0.25) is 9.59 Å². The van der Waals surface area contributed by atoms with E-state index in [-0.39, 0.29) is 12.0 Å². The lowest BCUT2D eigenvalue weighted by Crippen LogP contribution is -2.43. The predicted molar refractivity (Wildman–Crippen MR) is 64.7 cm³/mol. The molecule has 104 valence electrons. The summed E-state index contributed by atoms with van der Waals surface area (Å²) in [6, 6.07) is 1.25. The third kappa shape index (κ3) is 4.29. The molecule has 19 heavy (non-hydrogen) atoms. The number of nitrogens with one attached hydrogen (secondary N) is 1. The van der Waals surface area contributed by atoms with Gasteiger partial charge in [0.25, 0.3) is 0 Å². The van der Waals surface area contributed by atoms with Gasteiger partial charge in [0.1, 0.15) is 11.6 Å². The van der Waals surface area contributed by atoms with Gasteiger partial charge >= 0.3 is 0 Å². The summed E-state index contributed by atoms with van der Waals surface area (Å²) < 4.78 is 26.2. The smallest absolute Gasteiger partial charge is 0.237 e. The van der Waals surface area contributed by atoms with Gasteiger partial charge in [-0.2, -0.15) is 0 Å². The van der Waals surface area contributed by atoms with Crippen molar-refractivity contribution >= 4 is 11.8 Å². The molecule has 0 aromatic heterocycles. The number of benzene rings is 1. The van der Waals surface area contributed by atoms with Crippen LogP contribution < -0.4 is 16.8 Å². The number of primary amides is 1. The lowest BCUT2D eigenvalue weighted by atomic mass is 10.1. The van der Waals surface area contributed by atoms with Gasteiger partial charge in [-0.15, -0.1) is 0 Å². The maximum Gasteiger partial charge on any atom is 0.237 e. The minimum absolute atomic E-state index is 0.126. The molecule has 0 saturated carbocycles. The summed E-state index contributed by atoms with van der Waals surface area (Å²) in [7, 11) is 0. The predicted octanol–water partition coefficient (Wildman–Crippen LogP) is 0.345.